The summed E-state index contributed by atoms with van der Waals surface area (Å²) in [6.45, 7) is 2.12. The van der Waals surface area contributed by atoms with E-state index in [2.05, 4.69) is 44.6 Å². The fraction of sp³-hybridized carbons (Fsp3) is 0.133. The molecule has 0 saturated heterocycles. The highest BCUT2D eigenvalue weighted by molar-refractivity contribution is 9.10. The fourth-order valence-electron chi connectivity index (χ4n) is 2.02. The van der Waals surface area contributed by atoms with Gasteiger partial charge in [-0.3, -0.25) is 4.98 Å². The summed E-state index contributed by atoms with van der Waals surface area (Å²) in [7, 11) is 0. The van der Waals surface area contributed by atoms with E-state index in [1.165, 1.54) is 10.3 Å². The molecule has 0 fully saturated rings. The molecule has 3 rings (SSSR count). The molecule has 0 aliphatic heterocycles. The van der Waals surface area contributed by atoms with Gasteiger partial charge in [0, 0.05) is 21.4 Å². The zero-order chi connectivity index (χ0) is 14.1. The number of halogens is 2. The first-order valence-corrected chi connectivity index (χ1v) is 8.23. The first kappa shape index (κ1) is 13.9. The van der Waals surface area contributed by atoms with Gasteiger partial charge in [-0.15, -0.1) is 11.3 Å². The Morgan fingerprint density at radius 1 is 1.30 bits per heavy atom. The lowest BCUT2D eigenvalue weighted by Gasteiger charge is -2.16. The molecular formula is C15H12BrClN2S. The van der Waals surface area contributed by atoms with Gasteiger partial charge in [0.1, 0.15) is 0 Å². The van der Waals surface area contributed by atoms with E-state index >= 15 is 0 Å². The Balaban J connectivity index is 1.86. The minimum atomic E-state index is 0.173. The van der Waals surface area contributed by atoms with Crippen LogP contribution in [0.4, 0.5) is 5.69 Å². The lowest BCUT2D eigenvalue weighted by molar-refractivity contribution is 0.879. The molecule has 1 aromatic carbocycles. The van der Waals surface area contributed by atoms with Crippen LogP contribution in [-0.4, -0.2) is 4.98 Å². The second-order valence-electron chi connectivity index (χ2n) is 4.56. The summed E-state index contributed by atoms with van der Waals surface area (Å²) < 4.78 is 2.17. The average Bonchev–Trinajstić information content (AvgIpc) is 2.89. The van der Waals surface area contributed by atoms with Crippen molar-refractivity contribution in [3.05, 3.63) is 57.0 Å². The first-order chi connectivity index (χ1) is 9.63. The third kappa shape index (κ3) is 2.82. The second-order valence-corrected chi connectivity index (χ2v) is 6.80. The fourth-order valence-corrected chi connectivity index (χ4v) is 3.61. The Morgan fingerprint density at radius 2 is 2.15 bits per heavy atom. The number of rotatable bonds is 3. The molecule has 2 nitrogen and oxygen atoms in total. The van der Waals surface area contributed by atoms with E-state index in [0.29, 0.717) is 0 Å². The van der Waals surface area contributed by atoms with Crippen molar-refractivity contribution >= 4 is 54.8 Å². The van der Waals surface area contributed by atoms with Crippen molar-refractivity contribution in [2.24, 2.45) is 0 Å². The minimum absolute atomic E-state index is 0.173. The zero-order valence-corrected chi connectivity index (χ0v) is 13.9. The Labute approximate surface area is 134 Å². The molecule has 102 valence electrons. The Bertz CT molecular complexity index is 756. The van der Waals surface area contributed by atoms with Crippen LogP contribution in [0.15, 0.2) is 46.4 Å². The number of nitrogens with zero attached hydrogens (tertiary/aromatic N) is 1. The summed E-state index contributed by atoms with van der Waals surface area (Å²) in [6, 6.07) is 10.1. The average molecular weight is 368 g/mol. The molecule has 0 saturated carbocycles. The molecule has 3 aromatic rings. The molecule has 1 unspecified atom stereocenters. The molecule has 0 aliphatic carbocycles. The van der Waals surface area contributed by atoms with Gasteiger partial charge in [-0.1, -0.05) is 11.6 Å². The number of hydrogen-bond donors (Lipinski definition) is 1. The van der Waals surface area contributed by atoms with Gasteiger partial charge < -0.3 is 5.32 Å². The number of nitrogens with one attached hydrogen (secondary N) is 1. The predicted molar refractivity (Wildman–Crippen MR) is 90.8 cm³/mol. The van der Waals surface area contributed by atoms with Crippen molar-refractivity contribution in [1.82, 2.24) is 4.98 Å². The highest BCUT2D eigenvalue weighted by Gasteiger charge is 2.09. The normalized spacial score (nSPS) is 12.6. The summed E-state index contributed by atoms with van der Waals surface area (Å²) in [5.41, 5.74) is 3.24. The van der Waals surface area contributed by atoms with Crippen LogP contribution in [0.1, 0.15) is 18.5 Å². The summed E-state index contributed by atoms with van der Waals surface area (Å²) in [5.74, 6) is 0. The van der Waals surface area contributed by atoms with E-state index in [0.717, 1.165) is 20.7 Å². The van der Waals surface area contributed by atoms with Crippen LogP contribution in [0.5, 0.6) is 0 Å². The van der Waals surface area contributed by atoms with E-state index in [9.17, 15) is 0 Å². The molecule has 2 heterocycles. The summed E-state index contributed by atoms with van der Waals surface area (Å²) >= 11 is 11.2. The van der Waals surface area contributed by atoms with E-state index in [-0.39, 0.29) is 6.04 Å². The Morgan fingerprint density at radius 3 is 2.95 bits per heavy atom. The van der Waals surface area contributed by atoms with Gasteiger partial charge in [0.25, 0.3) is 0 Å². The second kappa shape index (κ2) is 5.72. The van der Waals surface area contributed by atoms with Crippen molar-refractivity contribution in [3.63, 3.8) is 0 Å². The molecule has 5 heteroatoms. The Kier molecular flexibility index (Phi) is 3.96. The van der Waals surface area contributed by atoms with Crippen molar-refractivity contribution in [2.75, 3.05) is 5.32 Å². The van der Waals surface area contributed by atoms with Crippen LogP contribution in [0.3, 0.4) is 0 Å². The molecule has 0 amide bonds. The summed E-state index contributed by atoms with van der Waals surface area (Å²) in [5, 5.41) is 6.25. The number of benzene rings is 1. The molecule has 0 aliphatic rings. The number of pyridine rings is 1. The van der Waals surface area contributed by atoms with Crippen LogP contribution in [0.2, 0.25) is 5.02 Å². The number of thiophene rings is 1. The quantitative estimate of drug-likeness (QED) is 0.624. The number of anilines is 1. The maximum atomic E-state index is 5.96. The van der Waals surface area contributed by atoms with E-state index in [4.69, 9.17) is 11.6 Å². The molecule has 1 N–H and O–H groups in total. The van der Waals surface area contributed by atoms with E-state index < -0.39 is 0 Å². The largest absolute Gasteiger partial charge is 0.378 e. The van der Waals surface area contributed by atoms with Crippen molar-refractivity contribution in [3.8, 4) is 0 Å². The zero-order valence-electron chi connectivity index (χ0n) is 10.7. The maximum Gasteiger partial charge on any atom is 0.0809 e. The standard InChI is InChI=1S/C15H12BrClN2S/c1-9(19-13-3-2-11(17)7-12(13)16)10-6-15-14(18-8-10)4-5-20-15/h2-9,19H,1H3. The van der Waals surface area contributed by atoms with Crippen molar-refractivity contribution < 1.29 is 0 Å². The molecule has 0 radical (unpaired) electrons. The van der Waals surface area contributed by atoms with Crippen LogP contribution >= 0.6 is 38.9 Å². The van der Waals surface area contributed by atoms with Gasteiger partial charge in [-0.25, -0.2) is 0 Å². The lowest BCUT2D eigenvalue weighted by atomic mass is 10.1. The molecule has 0 bridgehead atoms. The minimum Gasteiger partial charge on any atom is -0.378 e. The SMILES string of the molecule is CC(Nc1ccc(Cl)cc1Br)c1cnc2ccsc2c1. The summed E-state index contributed by atoms with van der Waals surface area (Å²) in [6.07, 6.45) is 1.93. The topological polar surface area (TPSA) is 24.9 Å². The van der Waals surface area contributed by atoms with Gasteiger partial charge in [-0.05, 0) is 64.1 Å². The van der Waals surface area contributed by atoms with Crippen LogP contribution < -0.4 is 5.32 Å². The highest BCUT2D eigenvalue weighted by atomic mass is 79.9. The van der Waals surface area contributed by atoms with Gasteiger partial charge in [-0.2, -0.15) is 0 Å². The van der Waals surface area contributed by atoms with E-state index in [1.807, 2.05) is 30.5 Å². The highest BCUT2D eigenvalue weighted by Crippen LogP contribution is 2.30. The van der Waals surface area contributed by atoms with Crippen molar-refractivity contribution in [2.45, 2.75) is 13.0 Å². The van der Waals surface area contributed by atoms with Crippen LogP contribution in [0, 0.1) is 0 Å². The number of fused-ring (bicyclic) bond motifs is 1. The lowest BCUT2D eigenvalue weighted by Crippen LogP contribution is -2.07. The monoisotopic (exact) mass is 366 g/mol. The maximum absolute atomic E-state index is 5.96. The van der Waals surface area contributed by atoms with Gasteiger partial charge in [0.15, 0.2) is 0 Å². The Hall–Kier alpha value is -1.10. The van der Waals surface area contributed by atoms with Crippen LogP contribution in [0.25, 0.3) is 10.2 Å². The first-order valence-electron chi connectivity index (χ1n) is 6.18. The number of aromatic nitrogens is 1. The third-order valence-corrected chi connectivity index (χ3v) is 4.87. The molecule has 20 heavy (non-hydrogen) atoms. The van der Waals surface area contributed by atoms with E-state index in [1.54, 1.807) is 11.3 Å². The van der Waals surface area contributed by atoms with Gasteiger partial charge >= 0.3 is 0 Å². The number of hydrogen-bond acceptors (Lipinski definition) is 3. The molecular weight excluding hydrogens is 356 g/mol. The van der Waals surface area contributed by atoms with Gasteiger partial charge in [0.2, 0.25) is 0 Å². The predicted octanol–water partition coefficient (Wildman–Crippen LogP) is 5.89. The third-order valence-electron chi connectivity index (χ3n) is 3.13. The summed E-state index contributed by atoms with van der Waals surface area (Å²) in [4.78, 5) is 4.48. The van der Waals surface area contributed by atoms with Crippen molar-refractivity contribution in [1.29, 1.82) is 0 Å². The molecule has 1 atom stereocenters. The van der Waals surface area contributed by atoms with Gasteiger partial charge in [0.05, 0.1) is 16.3 Å². The smallest absolute Gasteiger partial charge is 0.0809 e. The van der Waals surface area contributed by atoms with Crippen LogP contribution in [-0.2, 0) is 0 Å². The molecule has 0 spiro atoms. The molecule has 2 aromatic heterocycles.